The van der Waals surface area contributed by atoms with Crippen LogP contribution in [0.15, 0.2) is 83.8 Å². The fraction of sp³-hybridized carbons (Fsp3) is 0.357. The summed E-state index contributed by atoms with van der Waals surface area (Å²) in [5, 5.41) is 12.7. The third-order valence-corrected chi connectivity index (χ3v) is 13.8. The predicted molar refractivity (Wildman–Crippen MR) is 154 cm³/mol. The largest absolute Gasteiger partial charge is 0.412 e. The average Bonchev–Trinajstić information content (AvgIpc) is 2.83. The van der Waals surface area contributed by atoms with Gasteiger partial charge in [0.05, 0.1) is 17.2 Å². The fourth-order valence-electron chi connectivity index (χ4n) is 4.05. The van der Waals surface area contributed by atoms with Crippen LogP contribution in [0.5, 0.6) is 0 Å². The fourth-order valence-corrected chi connectivity index (χ4v) is 7.56. The molecule has 2 N–H and O–H groups in total. The van der Waals surface area contributed by atoms with E-state index in [1.54, 1.807) is 31.2 Å². The number of benzene rings is 3. The highest BCUT2D eigenvalue weighted by molar-refractivity contribution is 7.89. The van der Waals surface area contributed by atoms with Gasteiger partial charge in [0.1, 0.15) is 10.5 Å². The summed E-state index contributed by atoms with van der Waals surface area (Å²) >= 11 is 12.4. The van der Waals surface area contributed by atoms with Crippen LogP contribution < -0.4 is 4.72 Å². The molecule has 0 saturated heterocycles. The van der Waals surface area contributed by atoms with Crippen molar-refractivity contribution in [2.45, 2.75) is 68.5 Å². The lowest BCUT2D eigenvalue weighted by atomic mass is 9.78. The molecule has 5 nitrogen and oxygen atoms in total. The van der Waals surface area contributed by atoms with Gasteiger partial charge in [-0.05, 0) is 54.4 Å². The highest BCUT2D eigenvalue weighted by atomic mass is 35.5. The van der Waals surface area contributed by atoms with Crippen molar-refractivity contribution in [1.29, 1.82) is 0 Å². The van der Waals surface area contributed by atoms with Gasteiger partial charge >= 0.3 is 0 Å². The van der Waals surface area contributed by atoms with Crippen molar-refractivity contribution in [1.82, 2.24) is 4.72 Å². The molecule has 0 aliphatic rings. The van der Waals surface area contributed by atoms with Crippen molar-refractivity contribution in [3.8, 4) is 0 Å². The van der Waals surface area contributed by atoms with Gasteiger partial charge in [-0.2, -0.15) is 0 Å². The summed E-state index contributed by atoms with van der Waals surface area (Å²) in [6.45, 7) is 12.3. The molecule has 0 aromatic heterocycles. The second kappa shape index (κ2) is 11.2. The predicted octanol–water partition coefficient (Wildman–Crippen LogP) is 6.99. The first-order valence-corrected chi connectivity index (χ1v) is 17.2. The second-order valence-corrected chi connectivity index (χ2v) is 18.0. The molecule has 3 aromatic rings. The Kier molecular flexibility index (Phi) is 9.02. The van der Waals surface area contributed by atoms with E-state index in [4.69, 9.17) is 27.6 Å². The monoisotopic (exact) mass is 579 g/mol. The van der Waals surface area contributed by atoms with Crippen LogP contribution in [0, 0.1) is 0 Å². The zero-order chi connectivity index (χ0) is 27.6. The van der Waals surface area contributed by atoms with Crippen molar-refractivity contribution < 1.29 is 18.0 Å². The molecule has 200 valence electrons. The molecular formula is C28H35Cl2NO4SSi. The van der Waals surface area contributed by atoms with Gasteiger partial charge in [-0.3, -0.25) is 0 Å². The van der Waals surface area contributed by atoms with E-state index < -0.39 is 36.1 Å². The Hall–Kier alpha value is -1.71. The van der Waals surface area contributed by atoms with Crippen LogP contribution in [0.2, 0.25) is 28.2 Å². The first-order valence-electron chi connectivity index (χ1n) is 12.1. The number of sulfonamides is 1. The maximum Gasteiger partial charge on any atom is 0.242 e. The summed E-state index contributed by atoms with van der Waals surface area (Å²) in [6, 6.07) is 21.2. The van der Waals surface area contributed by atoms with Crippen molar-refractivity contribution in [3.63, 3.8) is 0 Å². The molecule has 3 rings (SSSR count). The Morgan fingerprint density at radius 1 is 0.892 bits per heavy atom. The van der Waals surface area contributed by atoms with Crippen molar-refractivity contribution in [2.75, 3.05) is 0 Å². The van der Waals surface area contributed by atoms with Crippen molar-refractivity contribution in [3.05, 3.63) is 100 Å². The van der Waals surface area contributed by atoms with Gasteiger partial charge < -0.3 is 9.53 Å². The third kappa shape index (κ3) is 6.48. The number of halogens is 2. The molecule has 0 saturated carbocycles. The summed E-state index contributed by atoms with van der Waals surface area (Å²) in [5.74, 6) is 0. The summed E-state index contributed by atoms with van der Waals surface area (Å²) in [6.07, 6.45) is -0.723. The van der Waals surface area contributed by atoms with Crippen LogP contribution in [0.1, 0.15) is 38.8 Å². The number of hydrogen-bond acceptors (Lipinski definition) is 4. The normalized spacial score (nSPS) is 14.8. The molecule has 0 bridgehead atoms. The molecule has 9 heteroatoms. The Morgan fingerprint density at radius 3 is 1.84 bits per heavy atom. The average molecular weight is 581 g/mol. The lowest BCUT2D eigenvalue weighted by molar-refractivity contribution is -0.00269. The summed E-state index contributed by atoms with van der Waals surface area (Å²) in [4.78, 5) is -0.172. The van der Waals surface area contributed by atoms with E-state index in [9.17, 15) is 13.5 Å². The quantitative estimate of drug-likeness (QED) is 0.268. The molecule has 0 amide bonds. The molecule has 0 heterocycles. The van der Waals surface area contributed by atoms with Gasteiger partial charge in [0.2, 0.25) is 10.0 Å². The Bertz CT molecular complexity index is 1270. The first kappa shape index (κ1) is 29.8. The molecule has 2 atom stereocenters. The molecule has 3 aromatic carbocycles. The van der Waals surface area contributed by atoms with Crippen molar-refractivity contribution >= 4 is 41.5 Å². The topological polar surface area (TPSA) is 75.6 Å². The smallest absolute Gasteiger partial charge is 0.242 e. The summed E-state index contributed by atoms with van der Waals surface area (Å²) in [5.41, 5.74) is -0.726. The van der Waals surface area contributed by atoms with Gasteiger partial charge in [-0.15, -0.1) is 0 Å². The lowest BCUT2D eigenvalue weighted by Gasteiger charge is -2.45. The molecule has 2 unspecified atom stereocenters. The van der Waals surface area contributed by atoms with Crippen molar-refractivity contribution in [2.24, 2.45) is 0 Å². The number of aliphatic hydroxyl groups is 1. The van der Waals surface area contributed by atoms with E-state index in [0.717, 1.165) is 0 Å². The molecular weight excluding hydrogens is 545 g/mol. The highest BCUT2D eigenvalue weighted by Gasteiger charge is 2.49. The Balaban J connectivity index is 2.24. The Morgan fingerprint density at radius 2 is 1.38 bits per heavy atom. The number of hydrogen-bond donors (Lipinski definition) is 2. The summed E-state index contributed by atoms with van der Waals surface area (Å²) < 4.78 is 37.0. The zero-order valence-corrected chi connectivity index (χ0v) is 25.3. The van der Waals surface area contributed by atoms with Crippen LogP contribution in [0.25, 0.3) is 0 Å². The maximum absolute atomic E-state index is 13.8. The van der Waals surface area contributed by atoms with E-state index in [0.29, 0.717) is 11.1 Å². The third-order valence-electron chi connectivity index (χ3n) is 7.10. The van der Waals surface area contributed by atoms with E-state index in [2.05, 4.69) is 38.6 Å². The van der Waals surface area contributed by atoms with Crippen LogP contribution in [-0.4, -0.2) is 34.0 Å². The lowest BCUT2D eigenvalue weighted by Crippen LogP contribution is -2.59. The van der Waals surface area contributed by atoms with Gasteiger partial charge in [-0.25, -0.2) is 13.1 Å². The van der Waals surface area contributed by atoms with Gasteiger partial charge in [0, 0.05) is 5.02 Å². The maximum atomic E-state index is 13.8. The SMILES string of the molecule is CC(O[Si](C)(C)C(C)(C)C)C(NS(=O)(=O)c1cc(Cl)ccc1Cl)C(O)(c1ccccc1)c1ccccc1. The number of nitrogens with one attached hydrogen (secondary N) is 1. The molecule has 37 heavy (non-hydrogen) atoms. The molecule has 0 fully saturated rings. The minimum absolute atomic E-state index is 0.0246. The van der Waals surface area contributed by atoms with Crippen LogP contribution in [0.3, 0.4) is 0 Å². The molecule has 0 aliphatic heterocycles. The van der Waals surface area contributed by atoms with E-state index in [1.807, 2.05) is 36.4 Å². The second-order valence-electron chi connectivity index (χ2n) is 10.8. The van der Waals surface area contributed by atoms with E-state index >= 15 is 0 Å². The zero-order valence-electron chi connectivity index (χ0n) is 22.0. The standard InChI is InChI=1S/C28H35Cl2NO4SSi/c1-20(35-37(5,6)27(2,3)4)26(31-36(33,34)25-19-23(29)17-18-24(25)30)28(32,21-13-9-7-10-14-21)22-15-11-8-12-16-22/h7-20,26,31-32H,1-6H3. The Labute approximate surface area is 232 Å². The van der Waals surface area contributed by atoms with Crippen LogP contribution in [-0.2, 0) is 20.1 Å². The minimum Gasteiger partial charge on any atom is -0.412 e. The van der Waals surface area contributed by atoms with E-state index in [1.165, 1.54) is 18.2 Å². The molecule has 0 spiro atoms. The summed E-state index contributed by atoms with van der Waals surface area (Å²) in [7, 11) is -6.62. The van der Waals surface area contributed by atoms with E-state index in [-0.39, 0.29) is 20.0 Å². The first-order chi connectivity index (χ1) is 17.1. The number of rotatable bonds is 9. The highest BCUT2D eigenvalue weighted by Crippen LogP contribution is 2.41. The van der Waals surface area contributed by atoms with Gasteiger partial charge in [-0.1, -0.05) is 105 Å². The molecule has 0 radical (unpaired) electrons. The van der Waals surface area contributed by atoms with Crippen LogP contribution >= 0.6 is 23.2 Å². The molecule has 0 aliphatic carbocycles. The minimum atomic E-state index is -4.24. The van der Waals surface area contributed by atoms with Gasteiger partial charge in [0.25, 0.3) is 0 Å². The van der Waals surface area contributed by atoms with Crippen LogP contribution in [0.4, 0.5) is 0 Å². The van der Waals surface area contributed by atoms with Gasteiger partial charge in [0.15, 0.2) is 8.32 Å².